The van der Waals surface area contributed by atoms with E-state index >= 15 is 0 Å². The van der Waals surface area contributed by atoms with Crippen LogP contribution in [0.5, 0.6) is 0 Å². The lowest BCUT2D eigenvalue weighted by Crippen LogP contribution is -2.53. The zero-order valence-electron chi connectivity index (χ0n) is 12.6. The highest BCUT2D eigenvalue weighted by Crippen LogP contribution is 2.41. The van der Waals surface area contributed by atoms with Crippen LogP contribution in [0.2, 0.25) is 0 Å². The molecule has 2 aliphatic heterocycles. The molecule has 0 saturated carbocycles. The third-order valence-electron chi connectivity index (χ3n) is 4.92. The highest BCUT2D eigenvalue weighted by molar-refractivity contribution is 5.86. The molecule has 2 aliphatic rings. The molecule has 2 fully saturated rings. The van der Waals surface area contributed by atoms with Gasteiger partial charge in [0.15, 0.2) is 0 Å². The molecule has 20 heavy (non-hydrogen) atoms. The number of fused-ring (bicyclic) bond motifs is 2. The summed E-state index contributed by atoms with van der Waals surface area (Å²) in [6, 6.07) is 2.64. The predicted molar refractivity (Wildman–Crippen MR) is 76.8 cm³/mol. The van der Waals surface area contributed by atoms with Crippen LogP contribution in [0.25, 0.3) is 0 Å². The number of carbonyl (C=O) groups excluding carboxylic acids is 1. The standard InChI is InChI=1S/C16H26N2O2/c1-3-7-16(11-17,8-4-2)15(20)18-12-5-6-13(18)10-14(19)9-12/h12-14,19H,3-10H2,1-2H3. The van der Waals surface area contributed by atoms with Crippen LogP contribution in [0.3, 0.4) is 0 Å². The van der Waals surface area contributed by atoms with E-state index in [0.29, 0.717) is 25.7 Å². The number of piperidine rings is 1. The molecule has 2 bridgehead atoms. The fraction of sp³-hybridized carbons (Fsp3) is 0.875. The summed E-state index contributed by atoms with van der Waals surface area (Å²) in [5.74, 6) is 0.0306. The van der Waals surface area contributed by atoms with Gasteiger partial charge >= 0.3 is 0 Å². The molecule has 112 valence electrons. The second kappa shape index (κ2) is 6.13. The number of carbonyl (C=O) groups is 1. The van der Waals surface area contributed by atoms with Crippen molar-refractivity contribution in [1.29, 1.82) is 5.26 Å². The molecule has 0 aromatic rings. The zero-order valence-corrected chi connectivity index (χ0v) is 12.6. The Bertz CT molecular complexity index is 382. The van der Waals surface area contributed by atoms with Crippen LogP contribution in [0.15, 0.2) is 0 Å². The second-order valence-electron chi connectivity index (χ2n) is 6.42. The van der Waals surface area contributed by atoms with Crippen LogP contribution in [0.4, 0.5) is 0 Å². The summed E-state index contributed by atoms with van der Waals surface area (Å²) in [6.07, 6.45) is 6.05. The van der Waals surface area contributed by atoms with Crippen LogP contribution in [-0.2, 0) is 4.79 Å². The lowest BCUT2D eigenvalue weighted by molar-refractivity contribution is -0.146. The Morgan fingerprint density at radius 2 is 1.75 bits per heavy atom. The van der Waals surface area contributed by atoms with E-state index in [1.54, 1.807) is 0 Å². The van der Waals surface area contributed by atoms with Crippen LogP contribution in [0.1, 0.15) is 65.2 Å². The molecule has 1 N–H and O–H groups in total. The summed E-state index contributed by atoms with van der Waals surface area (Å²) in [7, 11) is 0. The number of hydrogen-bond donors (Lipinski definition) is 1. The third-order valence-corrected chi connectivity index (χ3v) is 4.92. The third kappa shape index (κ3) is 2.56. The van der Waals surface area contributed by atoms with Crippen molar-refractivity contribution in [3.63, 3.8) is 0 Å². The normalized spacial score (nSPS) is 29.3. The minimum Gasteiger partial charge on any atom is -0.393 e. The summed E-state index contributed by atoms with van der Waals surface area (Å²) < 4.78 is 0. The van der Waals surface area contributed by atoms with E-state index in [0.717, 1.165) is 25.7 Å². The lowest BCUT2D eigenvalue weighted by Gasteiger charge is -2.41. The largest absolute Gasteiger partial charge is 0.393 e. The van der Waals surface area contributed by atoms with E-state index in [-0.39, 0.29) is 24.1 Å². The molecule has 4 nitrogen and oxygen atoms in total. The zero-order chi connectivity index (χ0) is 14.8. The highest BCUT2D eigenvalue weighted by Gasteiger charge is 2.49. The average Bonchev–Trinajstić information content (AvgIpc) is 2.69. The Balaban J connectivity index is 2.22. The molecule has 2 rings (SSSR count). The lowest BCUT2D eigenvalue weighted by atomic mass is 9.78. The Labute approximate surface area is 121 Å². The fourth-order valence-corrected chi connectivity index (χ4v) is 4.08. The van der Waals surface area contributed by atoms with E-state index in [1.165, 1.54) is 0 Å². The van der Waals surface area contributed by atoms with Crippen LogP contribution < -0.4 is 0 Å². The maximum atomic E-state index is 13.0. The van der Waals surface area contributed by atoms with Crippen molar-refractivity contribution in [2.75, 3.05) is 0 Å². The van der Waals surface area contributed by atoms with Gasteiger partial charge in [-0.3, -0.25) is 4.79 Å². The van der Waals surface area contributed by atoms with Gasteiger partial charge in [-0.2, -0.15) is 5.26 Å². The van der Waals surface area contributed by atoms with Gasteiger partial charge in [0.1, 0.15) is 5.41 Å². The van der Waals surface area contributed by atoms with E-state index in [4.69, 9.17) is 0 Å². The van der Waals surface area contributed by atoms with Crippen LogP contribution in [0, 0.1) is 16.7 Å². The molecule has 0 aliphatic carbocycles. The molecule has 2 saturated heterocycles. The quantitative estimate of drug-likeness (QED) is 0.840. The first kappa shape index (κ1) is 15.3. The Morgan fingerprint density at radius 3 is 2.15 bits per heavy atom. The number of amides is 1. The van der Waals surface area contributed by atoms with Gasteiger partial charge < -0.3 is 10.0 Å². The van der Waals surface area contributed by atoms with Crippen molar-refractivity contribution in [2.45, 2.75) is 83.4 Å². The Kier molecular flexibility index (Phi) is 4.70. The smallest absolute Gasteiger partial charge is 0.243 e. The monoisotopic (exact) mass is 278 g/mol. The van der Waals surface area contributed by atoms with E-state index in [1.807, 2.05) is 18.7 Å². The summed E-state index contributed by atoms with van der Waals surface area (Å²) >= 11 is 0. The van der Waals surface area contributed by atoms with E-state index in [9.17, 15) is 15.2 Å². The number of aliphatic hydroxyl groups excluding tert-OH is 1. The molecule has 0 aromatic heterocycles. The molecule has 0 aromatic carbocycles. The van der Waals surface area contributed by atoms with Gasteiger partial charge in [0.2, 0.25) is 5.91 Å². The number of aliphatic hydroxyl groups is 1. The number of hydrogen-bond acceptors (Lipinski definition) is 3. The number of nitriles is 1. The first-order valence-corrected chi connectivity index (χ1v) is 8.00. The minimum atomic E-state index is -0.841. The number of rotatable bonds is 5. The Hall–Kier alpha value is -1.08. The van der Waals surface area contributed by atoms with Gasteiger partial charge in [-0.05, 0) is 38.5 Å². The van der Waals surface area contributed by atoms with Crippen molar-refractivity contribution in [1.82, 2.24) is 4.90 Å². The summed E-state index contributed by atoms with van der Waals surface area (Å²) in [5, 5.41) is 19.5. The van der Waals surface area contributed by atoms with E-state index < -0.39 is 5.41 Å². The molecule has 1 amide bonds. The van der Waals surface area contributed by atoms with Gasteiger partial charge in [0.25, 0.3) is 0 Å². The summed E-state index contributed by atoms with van der Waals surface area (Å²) in [4.78, 5) is 15.0. The topological polar surface area (TPSA) is 64.3 Å². The SMILES string of the molecule is CCCC(C#N)(CCC)C(=O)N1C2CCC1CC(O)C2. The molecule has 4 heteroatoms. The van der Waals surface area contributed by atoms with Gasteiger partial charge in [0.05, 0.1) is 12.2 Å². The van der Waals surface area contributed by atoms with Crippen molar-refractivity contribution >= 4 is 5.91 Å². The van der Waals surface area contributed by atoms with Crippen molar-refractivity contribution < 1.29 is 9.90 Å². The first-order valence-electron chi connectivity index (χ1n) is 8.00. The molecule has 2 heterocycles. The van der Waals surface area contributed by atoms with Gasteiger partial charge in [-0.15, -0.1) is 0 Å². The predicted octanol–water partition coefficient (Wildman–Crippen LogP) is 2.61. The van der Waals surface area contributed by atoms with Gasteiger partial charge in [0, 0.05) is 12.1 Å². The summed E-state index contributed by atoms with van der Waals surface area (Å²) in [5.41, 5.74) is -0.841. The number of nitrogens with zero attached hydrogens (tertiary/aromatic N) is 2. The van der Waals surface area contributed by atoms with Crippen molar-refractivity contribution in [3.8, 4) is 6.07 Å². The van der Waals surface area contributed by atoms with Crippen molar-refractivity contribution in [3.05, 3.63) is 0 Å². The summed E-state index contributed by atoms with van der Waals surface area (Å²) in [6.45, 7) is 4.06. The Morgan fingerprint density at radius 1 is 1.25 bits per heavy atom. The first-order chi connectivity index (χ1) is 9.57. The molecular formula is C16H26N2O2. The average molecular weight is 278 g/mol. The maximum Gasteiger partial charge on any atom is 0.243 e. The molecule has 0 radical (unpaired) electrons. The molecule has 2 atom stereocenters. The molecular weight excluding hydrogens is 252 g/mol. The van der Waals surface area contributed by atoms with Crippen LogP contribution >= 0.6 is 0 Å². The maximum absolute atomic E-state index is 13.0. The molecule has 2 unspecified atom stereocenters. The second-order valence-corrected chi connectivity index (χ2v) is 6.42. The highest BCUT2D eigenvalue weighted by atomic mass is 16.3. The van der Waals surface area contributed by atoms with E-state index in [2.05, 4.69) is 6.07 Å². The van der Waals surface area contributed by atoms with Gasteiger partial charge in [-0.25, -0.2) is 0 Å². The van der Waals surface area contributed by atoms with Crippen LogP contribution in [-0.4, -0.2) is 34.1 Å². The van der Waals surface area contributed by atoms with Gasteiger partial charge in [-0.1, -0.05) is 26.7 Å². The molecule has 0 spiro atoms. The minimum absolute atomic E-state index is 0.0306. The fourth-order valence-electron chi connectivity index (χ4n) is 4.08. The van der Waals surface area contributed by atoms with Crippen molar-refractivity contribution in [2.24, 2.45) is 5.41 Å².